The molecule has 0 aliphatic carbocycles. The van der Waals surface area contributed by atoms with Gasteiger partial charge in [0, 0.05) is 13.0 Å². The van der Waals surface area contributed by atoms with E-state index in [9.17, 15) is 9.59 Å². The Morgan fingerprint density at radius 2 is 2.00 bits per heavy atom. The van der Waals surface area contributed by atoms with E-state index in [0.717, 1.165) is 6.54 Å². The van der Waals surface area contributed by atoms with Crippen LogP contribution in [-0.2, 0) is 19.1 Å². The van der Waals surface area contributed by atoms with Crippen molar-refractivity contribution in [3.8, 4) is 0 Å². The fourth-order valence-corrected chi connectivity index (χ4v) is 1.84. The Kier molecular flexibility index (Phi) is 5.14. The first kappa shape index (κ1) is 15.0. The molecule has 0 amide bonds. The van der Waals surface area contributed by atoms with Crippen molar-refractivity contribution < 1.29 is 19.1 Å². The molecule has 18 heavy (non-hydrogen) atoms. The summed E-state index contributed by atoms with van der Waals surface area (Å²) in [5.41, 5.74) is -0.520. The molecule has 2 unspecified atom stereocenters. The summed E-state index contributed by atoms with van der Waals surface area (Å²) in [6.45, 7) is 8.47. The van der Waals surface area contributed by atoms with Gasteiger partial charge in [-0.25, -0.2) is 0 Å². The molecule has 1 rings (SSSR count). The van der Waals surface area contributed by atoms with Crippen LogP contribution < -0.4 is 5.32 Å². The first-order valence-corrected chi connectivity index (χ1v) is 6.46. The second kappa shape index (κ2) is 6.18. The molecule has 1 aliphatic heterocycles. The number of esters is 2. The lowest BCUT2D eigenvalue weighted by atomic mass is 9.95. The van der Waals surface area contributed by atoms with Crippen molar-refractivity contribution in [1.82, 2.24) is 5.32 Å². The second-order valence-corrected chi connectivity index (χ2v) is 5.51. The van der Waals surface area contributed by atoms with E-state index in [1.807, 2.05) is 20.8 Å². The molecule has 5 heteroatoms. The highest BCUT2D eigenvalue weighted by Gasteiger charge is 2.36. The Morgan fingerprint density at radius 3 is 2.56 bits per heavy atom. The van der Waals surface area contributed by atoms with Gasteiger partial charge in [-0.15, -0.1) is 0 Å². The summed E-state index contributed by atoms with van der Waals surface area (Å²) in [5.74, 6) is -0.979. The van der Waals surface area contributed by atoms with Crippen molar-refractivity contribution >= 4 is 11.9 Å². The van der Waals surface area contributed by atoms with E-state index in [1.165, 1.54) is 0 Å². The van der Waals surface area contributed by atoms with Gasteiger partial charge in [0.1, 0.15) is 17.6 Å². The lowest BCUT2D eigenvalue weighted by Crippen LogP contribution is -2.47. The van der Waals surface area contributed by atoms with Crippen molar-refractivity contribution in [1.29, 1.82) is 0 Å². The van der Waals surface area contributed by atoms with Crippen LogP contribution in [0, 0.1) is 5.92 Å². The summed E-state index contributed by atoms with van der Waals surface area (Å²) in [5, 5.41) is 3.13. The Hall–Kier alpha value is -1.10. The van der Waals surface area contributed by atoms with Crippen LogP contribution >= 0.6 is 0 Å². The predicted octanol–water partition coefficient (Wildman–Crippen LogP) is 1.26. The van der Waals surface area contributed by atoms with Crippen LogP contribution in [0.25, 0.3) is 0 Å². The summed E-state index contributed by atoms with van der Waals surface area (Å²) < 4.78 is 10.7. The molecule has 2 atom stereocenters. The molecule has 0 aromatic rings. The quantitative estimate of drug-likeness (QED) is 0.771. The monoisotopic (exact) mass is 257 g/mol. The van der Waals surface area contributed by atoms with Gasteiger partial charge < -0.3 is 14.8 Å². The van der Waals surface area contributed by atoms with E-state index in [-0.39, 0.29) is 18.0 Å². The van der Waals surface area contributed by atoms with Gasteiger partial charge >= 0.3 is 11.9 Å². The van der Waals surface area contributed by atoms with Crippen LogP contribution in [0.2, 0.25) is 0 Å². The molecule has 1 N–H and O–H groups in total. The number of carbonyl (C=O) groups excluding carboxylic acids is 2. The lowest BCUT2D eigenvalue weighted by molar-refractivity contribution is -0.170. The number of rotatable bonds is 3. The number of carbonyl (C=O) groups is 2. The van der Waals surface area contributed by atoms with Crippen molar-refractivity contribution in [2.24, 2.45) is 5.92 Å². The SMILES string of the molecule is CCC(=O)OC1CCNCC1C(=O)OC(C)(C)C. The fourth-order valence-electron chi connectivity index (χ4n) is 1.84. The van der Waals surface area contributed by atoms with Crippen molar-refractivity contribution in [3.63, 3.8) is 0 Å². The van der Waals surface area contributed by atoms with E-state index >= 15 is 0 Å². The molecule has 5 nitrogen and oxygen atoms in total. The maximum absolute atomic E-state index is 12.0. The zero-order chi connectivity index (χ0) is 13.8. The van der Waals surface area contributed by atoms with Crippen LogP contribution in [-0.4, -0.2) is 36.7 Å². The first-order chi connectivity index (χ1) is 8.33. The molecule has 1 fully saturated rings. The van der Waals surface area contributed by atoms with Crippen LogP contribution in [0.15, 0.2) is 0 Å². The fraction of sp³-hybridized carbons (Fsp3) is 0.846. The summed E-state index contributed by atoms with van der Waals surface area (Å²) >= 11 is 0. The van der Waals surface area contributed by atoms with Crippen LogP contribution in [0.4, 0.5) is 0 Å². The average molecular weight is 257 g/mol. The standard InChI is InChI=1S/C13H23NO4/c1-5-11(15)17-10-6-7-14-8-9(10)12(16)18-13(2,3)4/h9-10,14H,5-8H2,1-4H3. The summed E-state index contributed by atoms with van der Waals surface area (Å²) in [7, 11) is 0. The number of piperidine rings is 1. The zero-order valence-corrected chi connectivity index (χ0v) is 11.6. The molecule has 1 saturated heterocycles. The third kappa shape index (κ3) is 4.64. The van der Waals surface area contributed by atoms with Crippen LogP contribution in [0.5, 0.6) is 0 Å². The van der Waals surface area contributed by atoms with Crippen molar-refractivity contribution in [3.05, 3.63) is 0 Å². The highest BCUT2D eigenvalue weighted by atomic mass is 16.6. The molecule has 0 aromatic heterocycles. The van der Waals surface area contributed by atoms with Gasteiger partial charge in [-0.05, 0) is 33.7 Å². The third-order valence-corrected chi connectivity index (χ3v) is 2.70. The summed E-state index contributed by atoms with van der Waals surface area (Å²) in [6.07, 6.45) is 0.606. The topological polar surface area (TPSA) is 64.6 Å². The Labute approximate surface area is 108 Å². The van der Waals surface area contributed by atoms with Crippen LogP contribution in [0.3, 0.4) is 0 Å². The molecule has 0 saturated carbocycles. The minimum Gasteiger partial charge on any atom is -0.461 e. The maximum Gasteiger partial charge on any atom is 0.314 e. The Balaban J connectivity index is 2.64. The van der Waals surface area contributed by atoms with Gasteiger partial charge in [0.15, 0.2) is 0 Å². The molecule has 0 spiro atoms. The average Bonchev–Trinajstić information content (AvgIpc) is 2.27. The largest absolute Gasteiger partial charge is 0.461 e. The highest BCUT2D eigenvalue weighted by Crippen LogP contribution is 2.20. The Morgan fingerprint density at radius 1 is 1.33 bits per heavy atom. The zero-order valence-electron chi connectivity index (χ0n) is 11.6. The minimum absolute atomic E-state index is 0.268. The second-order valence-electron chi connectivity index (χ2n) is 5.51. The van der Waals surface area contributed by atoms with E-state index in [1.54, 1.807) is 6.92 Å². The van der Waals surface area contributed by atoms with Gasteiger partial charge in [0.2, 0.25) is 0 Å². The lowest BCUT2D eigenvalue weighted by Gasteiger charge is -2.32. The van der Waals surface area contributed by atoms with Crippen molar-refractivity contribution in [2.45, 2.75) is 52.2 Å². The smallest absolute Gasteiger partial charge is 0.314 e. The van der Waals surface area contributed by atoms with Crippen LogP contribution in [0.1, 0.15) is 40.5 Å². The van der Waals surface area contributed by atoms with Gasteiger partial charge in [0.05, 0.1) is 0 Å². The van der Waals surface area contributed by atoms with E-state index in [4.69, 9.17) is 9.47 Å². The molecule has 1 aliphatic rings. The van der Waals surface area contributed by atoms with E-state index < -0.39 is 11.5 Å². The van der Waals surface area contributed by atoms with Gasteiger partial charge in [-0.2, -0.15) is 0 Å². The highest BCUT2D eigenvalue weighted by molar-refractivity contribution is 5.75. The van der Waals surface area contributed by atoms with Gasteiger partial charge in [-0.3, -0.25) is 9.59 Å². The molecule has 104 valence electrons. The first-order valence-electron chi connectivity index (χ1n) is 6.46. The third-order valence-electron chi connectivity index (χ3n) is 2.70. The van der Waals surface area contributed by atoms with Gasteiger partial charge in [0.25, 0.3) is 0 Å². The van der Waals surface area contributed by atoms with E-state index in [0.29, 0.717) is 19.4 Å². The minimum atomic E-state index is -0.520. The molecule has 0 bridgehead atoms. The van der Waals surface area contributed by atoms with Gasteiger partial charge in [-0.1, -0.05) is 6.92 Å². The van der Waals surface area contributed by atoms with Crippen molar-refractivity contribution in [2.75, 3.05) is 13.1 Å². The predicted molar refractivity (Wildman–Crippen MR) is 67.0 cm³/mol. The molecular weight excluding hydrogens is 234 g/mol. The number of nitrogens with one attached hydrogen (secondary N) is 1. The molecule has 0 radical (unpaired) electrons. The maximum atomic E-state index is 12.0. The molecular formula is C13H23NO4. The number of hydrogen-bond donors (Lipinski definition) is 1. The number of hydrogen-bond acceptors (Lipinski definition) is 5. The summed E-state index contributed by atoms with van der Waals surface area (Å²) in [6, 6.07) is 0. The van der Waals surface area contributed by atoms with E-state index in [2.05, 4.69) is 5.32 Å². The molecule has 0 aromatic carbocycles. The summed E-state index contributed by atoms with van der Waals surface area (Å²) in [4.78, 5) is 23.4. The Bertz CT molecular complexity index is 309. The molecule has 1 heterocycles. The normalized spacial score (nSPS) is 24.4. The number of ether oxygens (including phenoxy) is 2.